The van der Waals surface area contributed by atoms with Crippen molar-refractivity contribution in [1.29, 1.82) is 0 Å². The molecule has 56 valence electrons. The molecule has 1 atom stereocenters. The third kappa shape index (κ3) is 5.17. The molecule has 0 unspecified atom stereocenters. The molecule has 2 heteroatoms. The molecule has 0 bridgehead atoms. The Bertz CT molecular complexity index is 162. The summed E-state index contributed by atoms with van der Waals surface area (Å²) in [6.07, 6.45) is 0.900. The molecule has 0 radical (unpaired) electrons. The number of rotatable bonds is 3. The minimum atomic E-state index is -0.745. The fourth-order valence-corrected chi connectivity index (χ4v) is 0.647. The second-order valence-corrected chi connectivity index (χ2v) is 2.33. The molecule has 0 fully saturated rings. The van der Waals surface area contributed by atoms with E-state index in [1.54, 1.807) is 6.92 Å². The Morgan fingerprint density at radius 2 is 2.30 bits per heavy atom. The molecule has 0 rings (SSSR count). The third-order valence-corrected chi connectivity index (χ3v) is 1.15. The van der Waals surface area contributed by atoms with Crippen molar-refractivity contribution in [3.8, 4) is 11.8 Å². The van der Waals surface area contributed by atoms with Crippen molar-refractivity contribution in [3.63, 3.8) is 0 Å². The van der Waals surface area contributed by atoms with E-state index in [1.807, 2.05) is 6.92 Å². The van der Waals surface area contributed by atoms with Gasteiger partial charge in [-0.05, 0) is 12.8 Å². The number of carboxylic acid groups (broad SMARTS) is 1. The van der Waals surface area contributed by atoms with Crippen LogP contribution in [0.2, 0.25) is 0 Å². The van der Waals surface area contributed by atoms with Gasteiger partial charge in [-0.25, -0.2) is 0 Å². The maximum Gasteiger partial charge on any atom is 0.303 e. The Morgan fingerprint density at radius 1 is 1.70 bits per heavy atom. The van der Waals surface area contributed by atoms with Gasteiger partial charge in [-0.15, -0.1) is 11.8 Å². The van der Waals surface area contributed by atoms with Crippen molar-refractivity contribution in [2.24, 2.45) is 5.92 Å². The molecule has 10 heavy (non-hydrogen) atoms. The van der Waals surface area contributed by atoms with E-state index in [2.05, 4.69) is 11.8 Å². The lowest BCUT2D eigenvalue weighted by molar-refractivity contribution is -0.137. The lowest BCUT2D eigenvalue weighted by Gasteiger charge is -2.00. The van der Waals surface area contributed by atoms with Crippen LogP contribution in [-0.2, 0) is 4.79 Å². The summed E-state index contributed by atoms with van der Waals surface area (Å²) in [7, 11) is 0. The van der Waals surface area contributed by atoms with E-state index in [9.17, 15) is 4.79 Å². The van der Waals surface area contributed by atoms with Crippen molar-refractivity contribution in [3.05, 3.63) is 0 Å². The Kier molecular flexibility index (Phi) is 4.39. The first-order chi connectivity index (χ1) is 4.66. The topological polar surface area (TPSA) is 37.3 Å². The predicted octanol–water partition coefficient (Wildman–Crippen LogP) is 1.51. The smallest absolute Gasteiger partial charge is 0.303 e. The molecule has 0 aromatic heterocycles. The molecule has 0 aliphatic heterocycles. The van der Waals surface area contributed by atoms with Crippen LogP contribution in [0.4, 0.5) is 0 Å². The molecule has 0 saturated carbocycles. The van der Waals surface area contributed by atoms with E-state index in [0.717, 1.165) is 0 Å². The Morgan fingerprint density at radius 3 is 2.70 bits per heavy atom. The van der Waals surface area contributed by atoms with Gasteiger partial charge in [-0.2, -0.15) is 0 Å². The largest absolute Gasteiger partial charge is 0.481 e. The number of hydrogen-bond acceptors (Lipinski definition) is 1. The van der Waals surface area contributed by atoms with Gasteiger partial charge in [0.15, 0.2) is 0 Å². The van der Waals surface area contributed by atoms with Crippen LogP contribution in [-0.4, -0.2) is 11.1 Å². The summed E-state index contributed by atoms with van der Waals surface area (Å²) in [5.74, 6) is 5.00. The number of carbonyl (C=O) groups is 1. The quantitative estimate of drug-likeness (QED) is 0.603. The van der Waals surface area contributed by atoms with Crippen LogP contribution >= 0.6 is 0 Å². The summed E-state index contributed by atoms with van der Waals surface area (Å²) in [5, 5.41) is 8.34. The zero-order valence-corrected chi connectivity index (χ0v) is 6.35. The van der Waals surface area contributed by atoms with Gasteiger partial charge in [-0.3, -0.25) is 4.79 Å². The average molecular weight is 140 g/mol. The van der Waals surface area contributed by atoms with Crippen LogP contribution < -0.4 is 0 Å². The normalized spacial score (nSPS) is 11.4. The van der Waals surface area contributed by atoms with Gasteiger partial charge in [0.1, 0.15) is 0 Å². The molecule has 0 aromatic carbocycles. The minimum Gasteiger partial charge on any atom is -0.481 e. The van der Waals surface area contributed by atoms with Gasteiger partial charge >= 0.3 is 5.97 Å². The van der Waals surface area contributed by atoms with E-state index < -0.39 is 5.97 Å². The predicted molar refractivity (Wildman–Crippen MR) is 39.5 cm³/mol. The molecule has 1 N–H and O–H groups in total. The fraction of sp³-hybridized carbons (Fsp3) is 0.625. The van der Waals surface area contributed by atoms with Gasteiger partial charge < -0.3 is 5.11 Å². The highest BCUT2D eigenvalue weighted by Crippen LogP contribution is 2.05. The van der Waals surface area contributed by atoms with E-state index in [1.165, 1.54) is 0 Å². The Hall–Kier alpha value is -0.970. The number of carboxylic acids is 1. The van der Waals surface area contributed by atoms with Crippen LogP contribution in [0.1, 0.15) is 26.7 Å². The maximum atomic E-state index is 10.1. The lowest BCUT2D eigenvalue weighted by Crippen LogP contribution is -2.02. The second-order valence-electron chi connectivity index (χ2n) is 2.33. The first-order valence-electron chi connectivity index (χ1n) is 3.28. The molecule has 0 aromatic rings. The molecule has 0 amide bonds. The summed E-state index contributed by atoms with van der Waals surface area (Å²) >= 11 is 0. The molecule has 0 aliphatic rings. The lowest BCUT2D eigenvalue weighted by atomic mass is 10.1. The van der Waals surface area contributed by atoms with E-state index >= 15 is 0 Å². The van der Waals surface area contributed by atoms with Crippen LogP contribution in [0.3, 0.4) is 0 Å². The van der Waals surface area contributed by atoms with E-state index in [-0.39, 0.29) is 12.3 Å². The van der Waals surface area contributed by atoms with Crippen LogP contribution in [0, 0.1) is 17.8 Å². The first-order valence-corrected chi connectivity index (χ1v) is 3.28. The van der Waals surface area contributed by atoms with Gasteiger partial charge in [-0.1, -0.05) is 6.92 Å². The first kappa shape index (κ1) is 9.03. The summed E-state index contributed by atoms with van der Waals surface area (Å²) in [6, 6.07) is 0. The summed E-state index contributed by atoms with van der Waals surface area (Å²) in [5.41, 5.74) is 0. The van der Waals surface area contributed by atoms with E-state index in [4.69, 9.17) is 5.11 Å². The fourth-order valence-electron chi connectivity index (χ4n) is 0.647. The molecule has 0 heterocycles. The monoisotopic (exact) mass is 140 g/mol. The van der Waals surface area contributed by atoms with Crippen molar-refractivity contribution >= 4 is 5.97 Å². The summed E-state index contributed by atoms with van der Waals surface area (Å²) in [4.78, 5) is 10.1. The van der Waals surface area contributed by atoms with Crippen molar-refractivity contribution < 1.29 is 9.90 Å². The van der Waals surface area contributed by atoms with Crippen molar-refractivity contribution in [2.75, 3.05) is 0 Å². The molecule has 0 saturated heterocycles. The van der Waals surface area contributed by atoms with Crippen molar-refractivity contribution in [1.82, 2.24) is 0 Å². The standard InChI is InChI=1S/C8H12O2/c1-3-4-5-7(2)6-8(9)10/h7H,5-6H2,1-2H3,(H,9,10)/t7-/m1/s1. The van der Waals surface area contributed by atoms with E-state index in [0.29, 0.717) is 6.42 Å². The van der Waals surface area contributed by atoms with Crippen LogP contribution in [0.15, 0.2) is 0 Å². The van der Waals surface area contributed by atoms with Crippen LogP contribution in [0.5, 0.6) is 0 Å². The zero-order valence-electron chi connectivity index (χ0n) is 6.35. The Balaban J connectivity index is 3.50. The Labute approximate surface area is 61.2 Å². The SMILES string of the molecule is CC#CC[C@@H](C)CC(=O)O. The zero-order chi connectivity index (χ0) is 7.98. The average Bonchev–Trinajstić information content (AvgIpc) is 1.82. The number of aliphatic carboxylic acids is 1. The maximum absolute atomic E-state index is 10.1. The van der Waals surface area contributed by atoms with Crippen LogP contribution in [0.25, 0.3) is 0 Å². The third-order valence-electron chi connectivity index (χ3n) is 1.15. The highest BCUT2D eigenvalue weighted by atomic mass is 16.4. The van der Waals surface area contributed by atoms with Gasteiger partial charge in [0.25, 0.3) is 0 Å². The summed E-state index contributed by atoms with van der Waals surface area (Å²) < 4.78 is 0. The highest BCUT2D eigenvalue weighted by Gasteiger charge is 2.04. The second kappa shape index (κ2) is 4.87. The molecule has 0 spiro atoms. The van der Waals surface area contributed by atoms with Gasteiger partial charge in [0.05, 0.1) is 0 Å². The van der Waals surface area contributed by atoms with Gasteiger partial charge in [0, 0.05) is 12.8 Å². The summed E-state index contributed by atoms with van der Waals surface area (Å²) in [6.45, 7) is 3.64. The highest BCUT2D eigenvalue weighted by molar-refractivity contribution is 5.66. The molecule has 2 nitrogen and oxygen atoms in total. The van der Waals surface area contributed by atoms with Crippen molar-refractivity contribution in [2.45, 2.75) is 26.7 Å². The molecular weight excluding hydrogens is 128 g/mol. The minimum absolute atomic E-state index is 0.171. The van der Waals surface area contributed by atoms with Gasteiger partial charge in [0.2, 0.25) is 0 Å². The molecule has 0 aliphatic carbocycles. The molecular formula is C8H12O2. The number of hydrogen-bond donors (Lipinski definition) is 1.